The highest BCUT2D eigenvalue weighted by Crippen LogP contribution is 2.14. The number of carbonyl (C=O) groups is 14. The number of hydrogen-bond acceptors (Lipinski definition) is 35. The highest BCUT2D eigenvalue weighted by molar-refractivity contribution is 5.83. The van der Waals surface area contributed by atoms with Crippen LogP contribution in [0.2, 0.25) is 0 Å². The topological polar surface area (TPSA) is 433 Å². The Kier molecular flexibility index (Phi) is 37.5. The Labute approximate surface area is 492 Å². The first-order chi connectivity index (χ1) is 40.9. The van der Waals surface area contributed by atoms with Gasteiger partial charge in [-0.05, 0) is 53.4 Å². The zero-order valence-corrected chi connectivity index (χ0v) is 48.9. The predicted molar refractivity (Wildman–Crippen MR) is 271 cm³/mol. The van der Waals surface area contributed by atoms with Gasteiger partial charge in [0.05, 0.1) is 45.7 Å². The Morgan fingerprint density at radius 3 is 0.919 bits per heavy atom. The van der Waals surface area contributed by atoms with Gasteiger partial charge in [-0.25, -0.2) is 67.1 Å². The molecule has 0 saturated carbocycles. The Balaban J connectivity index is 0.000000503. The van der Waals surface area contributed by atoms with Crippen molar-refractivity contribution < 1.29 is 167 Å². The summed E-state index contributed by atoms with van der Waals surface area (Å²) >= 11 is 0. The van der Waals surface area contributed by atoms with E-state index in [0.717, 1.165) is 51.4 Å². The number of esters is 7. The van der Waals surface area contributed by atoms with Crippen LogP contribution in [0.5, 0.6) is 0 Å². The fourth-order valence-corrected chi connectivity index (χ4v) is 5.64. The van der Waals surface area contributed by atoms with Gasteiger partial charge in [-0.15, -0.1) is 0 Å². The van der Waals surface area contributed by atoms with Crippen molar-refractivity contribution >= 4 is 84.9 Å². The maximum absolute atomic E-state index is 11.2. The number of cyclic esters (lactones) is 14. The minimum absolute atomic E-state index is 0.0351. The van der Waals surface area contributed by atoms with Crippen LogP contribution in [-0.4, -0.2) is 220 Å². The second-order valence-corrected chi connectivity index (χ2v) is 17.5. The summed E-state index contributed by atoms with van der Waals surface area (Å²) in [6, 6.07) is 0. The summed E-state index contributed by atoms with van der Waals surface area (Å²) in [5.74, 6) is -3.83. The smallest absolute Gasteiger partial charge is 0.466 e. The van der Waals surface area contributed by atoms with Crippen LogP contribution in [-0.2, 0) is 133 Å². The van der Waals surface area contributed by atoms with Crippen molar-refractivity contribution in [3.05, 3.63) is 0 Å². The number of ether oxygens (including phenoxy) is 21. The first-order valence-electron chi connectivity index (χ1n) is 26.9. The molecule has 7 heterocycles. The first kappa shape index (κ1) is 75.2. The molecule has 8 atom stereocenters. The number of methoxy groups -OCH3 is 1. The highest BCUT2D eigenvalue weighted by Gasteiger charge is 2.38. The molecule has 0 N–H and O–H groups in total. The minimum atomic E-state index is -0.889. The Morgan fingerprint density at radius 2 is 0.651 bits per heavy atom. The third kappa shape index (κ3) is 32.3. The standard InChI is InChI=1S/C10H16O5.2C8H12O5.2C7H10O5.C6H8O5.C5H6O5/c1-2-3-4-5-6-13-9(11)8-7-14-10(12)15-8;1-3-5(2)12-7(9)6-4-11-8(10)13-6;1-2-3-4-11-7(9)6-5-12-8(10)13-6;1-4(2)11-6(8)5-3-10-7(9)12-5;1-2-3-10-6(8)5-4-11-7(9)12-5;1-2-9-5(7)4-3-10-6(8)11-4;1-8-4(6)3-2-9-5(7)10-3/h8H,2-7H2,1H3;5-6H,3-4H2,1-2H3;6H,2-5H2,1H3;4-5H,3H2,1-2H3;5H,2-4H2,1H3;4H,2-3H2,1H3;3H,2H2,1H3. The lowest BCUT2D eigenvalue weighted by atomic mass is 10.2. The first-order valence-corrected chi connectivity index (χ1v) is 26.9. The Morgan fingerprint density at radius 1 is 0.360 bits per heavy atom. The van der Waals surface area contributed by atoms with E-state index in [1.165, 1.54) is 7.11 Å². The molecular weight excluding hydrogens is 1170 g/mol. The van der Waals surface area contributed by atoms with Gasteiger partial charge in [0.2, 0.25) is 42.7 Å². The van der Waals surface area contributed by atoms with E-state index in [-0.39, 0.29) is 65.1 Å². The Bertz CT molecular complexity index is 2210. The number of carbonyl (C=O) groups excluding carboxylic acids is 14. The van der Waals surface area contributed by atoms with Crippen molar-refractivity contribution in [1.82, 2.24) is 0 Å². The SMILES string of the molecule is CC(C)OC(=O)C1COC(=O)O1.CCC(C)OC(=O)C1COC(=O)O1.CCCCCCOC(=O)C1COC(=O)O1.CCCCOC(=O)C1COC(=O)O1.CCCOC(=O)C1COC(=O)O1.CCOC(=O)C1COC(=O)O1.COC(=O)C1COC(=O)O1. The molecule has 86 heavy (non-hydrogen) atoms. The third-order valence-electron chi connectivity index (χ3n) is 10.1. The maximum Gasteiger partial charge on any atom is 0.509 e. The van der Waals surface area contributed by atoms with Crippen LogP contribution in [0.25, 0.3) is 0 Å². The fraction of sp³-hybridized carbons (Fsp3) is 0.725. The molecule has 35 heteroatoms. The third-order valence-corrected chi connectivity index (χ3v) is 10.1. The van der Waals surface area contributed by atoms with E-state index in [1.807, 2.05) is 20.8 Å². The van der Waals surface area contributed by atoms with Gasteiger partial charge in [0.25, 0.3) is 0 Å². The minimum Gasteiger partial charge on any atom is -0.466 e. The van der Waals surface area contributed by atoms with Crippen molar-refractivity contribution in [2.75, 3.05) is 79.8 Å². The van der Waals surface area contributed by atoms with Gasteiger partial charge in [0, 0.05) is 0 Å². The normalized spacial score (nSPS) is 21.7. The van der Waals surface area contributed by atoms with Crippen molar-refractivity contribution in [1.29, 1.82) is 0 Å². The lowest BCUT2D eigenvalue weighted by molar-refractivity contribution is -0.157. The molecule has 7 aliphatic heterocycles. The van der Waals surface area contributed by atoms with Crippen LogP contribution in [0.4, 0.5) is 33.6 Å². The second-order valence-electron chi connectivity index (χ2n) is 17.5. The summed E-state index contributed by atoms with van der Waals surface area (Å²) in [6.07, 6.45) is -4.80. The van der Waals surface area contributed by atoms with E-state index < -0.39 is 128 Å². The van der Waals surface area contributed by atoms with Gasteiger partial charge in [-0.2, -0.15) is 0 Å². The Hall–Kier alpha value is -8.82. The molecule has 0 amide bonds. The van der Waals surface area contributed by atoms with Crippen LogP contribution in [0.3, 0.4) is 0 Å². The van der Waals surface area contributed by atoms with Crippen molar-refractivity contribution in [2.24, 2.45) is 0 Å². The largest absolute Gasteiger partial charge is 0.509 e. The molecule has 8 unspecified atom stereocenters. The van der Waals surface area contributed by atoms with E-state index in [1.54, 1.807) is 27.7 Å². The number of rotatable bonds is 21. The van der Waals surface area contributed by atoms with Crippen LogP contribution in [0.15, 0.2) is 0 Å². The van der Waals surface area contributed by atoms with E-state index in [2.05, 4.69) is 82.7 Å². The molecule has 7 saturated heterocycles. The monoisotopic (exact) mass is 1250 g/mol. The predicted octanol–water partition coefficient (Wildman–Crippen LogP) is 4.10. The van der Waals surface area contributed by atoms with E-state index in [0.29, 0.717) is 19.8 Å². The van der Waals surface area contributed by atoms with Gasteiger partial charge >= 0.3 is 84.9 Å². The van der Waals surface area contributed by atoms with Crippen molar-refractivity contribution in [3.63, 3.8) is 0 Å². The molecule has 35 nitrogen and oxygen atoms in total. The molecule has 488 valence electrons. The summed E-state index contributed by atoms with van der Waals surface area (Å²) in [4.78, 5) is 150. The summed E-state index contributed by atoms with van der Waals surface area (Å²) < 4.78 is 95.3. The summed E-state index contributed by atoms with van der Waals surface area (Å²) in [5.41, 5.74) is 0. The quantitative estimate of drug-likeness (QED) is 0.0886. The van der Waals surface area contributed by atoms with Gasteiger partial charge in [0.1, 0.15) is 46.2 Å². The highest BCUT2D eigenvalue weighted by atomic mass is 16.8. The van der Waals surface area contributed by atoms with Gasteiger partial charge in [-0.1, -0.05) is 53.4 Å². The average Bonchev–Trinajstić information content (AvgIpc) is 4.56. The summed E-state index contributed by atoms with van der Waals surface area (Å²) in [7, 11) is 1.22. The van der Waals surface area contributed by atoms with Crippen LogP contribution < -0.4 is 0 Å². The fourth-order valence-electron chi connectivity index (χ4n) is 5.64. The summed E-state index contributed by atoms with van der Waals surface area (Å²) in [6.45, 7) is 15.8. The van der Waals surface area contributed by atoms with Crippen LogP contribution >= 0.6 is 0 Å². The molecular formula is C51H74O35. The molecule has 0 bridgehead atoms. The molecule has 7 rings (SSSR count). The second kappa shape index (κ2) is 42.9. The molecule has 7 fully saturated rings. The lowest BCUT2D eigenvalue weighted by Gasteiger charge is -2.12. The van der Waals surface area contributed by atoms with Crippen molar-refractivity contribution in [2.45, 2.75) is 162 Å². The maximum atomic E-state index is 11.2. The molecule has 0 aromatic heterocycles. The van der Waals surface area contributed by atoms with Gasteiger partial charge in [0.15, 0.2) is 0 Å². The van der Waals surface area contributed by atoms with E-state index in [4.69, 9.17) is 23.7 Å². The number of hydrogen-bond donors (Lipinski definition) is 0. The molecule has 0 spiro atoms. The van der Waals surface area contributed by atoms with E-state index in [9.17, 15) is 67.1 Å². The number of unbranched alkanes of at least 4 members (excludes halogenated alkanes) is 4. The molecule has 0 aromatic rings. The van der Waals surface area contributed by atoms with Crippen LogP contribution in [0.1, 0.15) is 107 Å². The van der Waals surface area contributed by atoms with E-state index >= 15 is 0 Å². The lowest BCUT2D eigenvalue weighted by Crippen LogP contribution is -2.28. The van der Waals surface area contributed by atoms with Crippen molar-refractivity contribution in [3.8, 4) is 0 Å². The zero-order chi connectivity index (χ0) is 64.6. The van der Waals surface area contributed by atoms with Crippen LogP contribution in [0, 0.1) is 0 Å². The molecule has 7 aliphatic rings. The summed E-state index contributed by atoms with van der Waals surface area (Å²) in [5, 5.41) is 0. The molecule has 0 aliphatic carbocycles. The zero-order valence-electron chi connectivity index (χ0n) is 48.9. The van der Waals surface area contributed by atoms with Gasteiger partial charge in [-0.3, -0.25) is 0 Å². The van der Waals surface area contributed by atoms with Gasteiger partial charge < -0.3 is 99.5 Å². The molecule has 0 aromatic carbocycles. The molecule has 0 radical (unpaired) electrons. The average molecular weight is 1250 g/mol.